The number of hydrogen-bond donors (Lipinski definition) is 2. The second-order valence-electron chi connectivity index (χ2n) is 10.4. The Balaban J connectivity index is 1.59. The highest BCUT2D eigenvalue weighted by Gasteiger charge is 2.42. The molecular formula is C34H36N2O5. The van der Waals surface area contributed by atoms with Crippen LogP contribution >= 0.6 is 0 Å². The summed E-state index contributed by atoms with van der Waals surface area (Å²) in [5, 5.41) is 6.56. The van der Waals surface area contributed by atoms with Crippen molar-refractivity contribution < 1.29 is 23.8 Å². The van der Waals surface area contributed by atoms with Crippen molar-refractivity contribution in [1.29, 1.82) is 0 Å². The first-order valence-electron chi connectivity index (χ1n) is 13.9. The maximum atomic E-state index is 14.1. The van der Waals surface area contributed by atoms with Crippen LogP contribution in [0.1, 0.15) is 55.2 Å². The van der Waals surface area contributed by atoms with E-state index in [1.54, 1.807) is 14.2 Å². The molecule has 0 fully saturated rings. The Kier molecular flexibility index (Phi) is 8.15. The SMILES string of the molecule is CCOc1ccccc1[C@@H]1C(C(=O)Nc2ccccc2C)=C(C)NC2=C1C(=O)C[C@@H](c1ccc(OC)c(OC)c1)C2. The molecule has 7 heteroatoms. The van der Waals surface area contributed by atoms with Gasteiger partial charge in [-0.25, -0.2) is 0 Å². The number of rotatable bonds is 8. The number of hydrogen-bond acceptors (Lipinski definition) is 6. The van der Waals surface area contributed by atoms with Crippen LogP contribution in [0.2, 0.25) is 0 Å². The molecule has 41 heavy (non-hydrogen) atoms. The van der Waals surface area contributed by atoms with E-state index in [9.17, 15) is 9.59 Å². The summed E-state index contributed by atoms with van der Waals surface area (Å²) in [6.07, 6.45) is 0.933. The molecule has 2 atom stereocenters. The molecule has 1 amide bonds. The van der Waals surface area contributed by atoms with Gasteiger partial charge in [-0.2, -0.15) is 0 Å². The number of Topliss-reactive ketones (excluding diaryl/α,β-unsaturated/α-hetero) is 1. The van der Waals surface area contributed by atoms with Crippen molar-refractivity contribution in [3.8, 4) is 17.2 Å². The maximum absolute atomic E-state index is 14.1. The molecule has 0 saturated carbocycles. The Morgan fingerprint density at radius 2 is 1.66 bits per heavy atom. The number of dihydropyridines is 1. The van der Waals surface area contributed by atoms with Gasteiger partial charge in [-0.1, -0.05) is 42.5 Å². The lowest BCUT2D eigenvalue weighted by molar-refractivity contribution is -0.116. The highest BCUT2D eigenvalue weighted by Crippen LogP contribution is 2.48. The molecule has 3 aromatic rings. The third-order valence-corrected chi connectivity index (χ3v) is 7.87. The summed E-state index contributed by atoms with van der Waals surface area (Å²) in [6, 6.07) is 21.1. The quantitative estimate of drug-likeness (QED) is 0.336. The summed E-state index contributed by atoms with van der Waals surface area (Å²) in [5.41, 5.74) is 6.18. The molecule has 0 bridgehead atoms. The monoisotopic (exact) mass is 552 g/mol. The first kappa shape index (κ1) is 28.0. The van der Waals surface area contributed by atoms with Crippen molar-refractivity contribution in [1.82, 2.24) is 5.32 Å². The number of nitrogens with one attached hydrogen (secondary N) is 2. The number of allylic oxidation sites excluding steroid dienone is 3. The van der Waals surface area contributed by atoms with Crippen LogP contribution in [0.3, 0.4) is 0 Å². The summed E-state index contributed by atoms with van der Waals surface area (Å²) in [7, 11) is 3.21. The highest BCUT2D eigenvalue weighted by atomic mass is 16.5. The topological polar surface area (TPSA) is 85.9 Å². The van der Waals surface area contributed by atoms with Gasteiger partial charge < -0.3 is 24.8 Å². The van der Waals surface area contributed by atoms with E-state index in [4.69, 9.17) is 14.2 Å². The molecule has 1 aliphatic carbocycles. The van der Waals surface area contributed by atoms with E-state index in [2.05, 4.69) is 10.6 Å². The zero-order chi connectivity index (χ0) is 29.1. The van der Waals surface area contributed by atoms with Gasteiger partial charge in [-0.3, -0.25) is 9.59 Å². The fourth-order valence-electron chi connectivity index (χ4n) is 5.90. The van der Waals surface area contributed by atoms with Crippen molar-refractivity contribution >= 4 is 17.4 Å². The standard InChI is InChI=1S/C34H36N2O5/c1-6-41-28-14-10-8-12-24(28)32-31(34(38)36-25-13-9-7-11-20(25)2)21(3)35-26-17-23(18-27(37)33(26)32)22-15-16-29(39-4)30(19-22)40-5/h7-16,19,23,32,35H,6,17-18H2,1-5H3,(H,36,38)/t23-,32+/m0/s1. The van der Waals surface area contributed by atoms with Crippen LogP contribution in [0.4, 0.5) is 5.69 Å². The number of carbonyl (C=O) groups excluding carboxylic acids is 2. The number of carbonyl (C=O) groups is 2. The van der Waals surface area contributed by atoms with Crippen LogP contribution in [0, 0.1) is 6.92 Å². The van der Waals surface area contributed by atoms with Gasteiger partial charge in [-0.15, -0.1) is 0 Å². The maximum Gasteiger partial charge on any atom is 0.254 e. The fourth-order valence-corrected chi connectivity index (χ4v) is 5.90. The molecule has 0 radical (unpaired) electrons. The van der Waals surface area contributed by atoms with Gasteiger partial charge in [-0.05, 0) is 68.5 Å². The highest BCUT2D eigenvalue weighted by molar-refractivity contribution is 6.10. The van der Waals surface area contributed by atoms with Gasteiger partial charge in [0, 0.05) is 40.2 Å². The Hall–Kier alpha value is -4.52. The second-order valence-corrected chi connectivity index (χ2v) is 10.4. The van der Waals surface area contributed by atoms with Crippen LogP contribution in [0.15, 0.2) is 89.3 Å². The number of anilines is 1. The molecule has 5 rings (SSSR count). The minimum absolute atomic E-state index is 0.00327. The lowest BCUT2D eigenvalue weighted by atomic mass is 9.71. The van der Waals surface area contributed by atoms with E-state index < -0.39 is 5.92 Å². The molecule has 0 saturated heterocycles. The predicted molar refractivity (Wildman–Crippen MR) is 160 cm³/mol. The van der Waals surface area contributed by atoms with E-state index in [0.29, 0.717) is 53.5 Å². The minimum atomic E-state index is -0.572. The van der Waals surface area contributed by atoms with Gasteiger partial charge in [0.1, 0.15) is 5.75 Å². The molecule has 0 unspecified atom stereocenters. The number of ether oxygens (including phenoxy) is 3. The van der Waals surface area contributed by atoms with E-state index in [0.717, 1.165) is 28.1 Å². The van der Waals surface area contributed by atoms with Crippen molar-refractivity contribution in [2.75, 3.05) is 26.1 Å². The van der Waals surface area contributed by atoms with Crippen molar-refractivity contribution in [2.45, 2.75) is 45.4 Å². The lowest BCUT2D eigenvalue weighted by Gasteiger charge is -2.37. The molecule has 212 valence electrons. The third kappa shape index (κ3) is 5.44. The molecule has 7 nitrogen and oxygen atoms in total. The first-order chi connectivity index (χ1) is 19.9. The Morgan fingerprint density at radius 1 is 0.927 bits per heavy atom. The smallest absolute Gasteiger partial charge is 0.254 e. The molecule has 0 aromatic heterocycles. The van der Waals surface area contributed by atoms with E-state index in [1.165, 1.54) is 0 Å². The van der Waals surface area contributed by atoms with Crippen LogP contribution < -0.4 is 24.8 Å². The van der Waals surface area contributed by atoms with Crippen molar-refractivity contribution in [3.63, 3.8) is 0 Å². The zero-order valence-corrected chi connectivity index (χ0v) is 24.2. The van der Waals surface area contributed by atoms with E-state index in [-0.39, 0.29) is 17.6 Å². The first-order valence-corrected chi connectivity index (χ1v) is 13.9. The Labute approximate surface area is 241 Å². The average Bonchev–Trinajstić information content (AvgIpc) is 2.97. The molecule has 2 aliphatic rings. The normalized spacial score (nSPS) is 18.4. The second kappa shape index (κ2) is 11.9. The molecule has 2 N–H and O–H groups in total. The van der Waals surface area contributed by atoms with Gasteiger partial charge in [0.2, 0.25) is 0 Å². The van der Waals surface area contributed by atoms with Crippen LogP contribution in [-0.2, 0) is 9.59 Å². The zero-order valence-electron chi connectivity index (χ0n) is 24.2. The van der Waals surface area contributed by atoms with E-state index >= 15 is 0 Å². The lowest BCUT2D eigenvalue weighted by Crippen LogP contribution is -2.37. The number of aryl methyl sites for hydroxylation is 1. The Morgan fingerprint density at radius 3 is 2.39 bits per heavy atom. The van der Waals surface area contributed by atoms with Crippen molar-refractivity contribution in [2.24, 2.45) is 0 Å². The summed E-state index contributed by atoms with van der Waals surface area (Å²) in [4.78, 5) is 28.1. The van der Waals surface area contributed by atoms with Gasteiger partial charge in [0.15, 0.2) is 17.3 Å². The summed E-state index contributed by atoms with van der Waals surface area (Å²) < 4.78 is 16.9. The number of methoxy groups -OCH3 is 2. The number of benzene rings is 3. The molecular weight excluding hydrogens is 516 g/mol. The fraction of sp³-hybridized carbons (Fsp3) is 0.294. The average molecular weight is 553 g/mol. The largest absolute Gasteiger partial charge is 0.494 e. The van der Waals surface area contributed by atoms with Crippen molar-refractivity contribution in [3.05, 3.63) is 106 Å². The molecule has 1 heterocycles. The molecule has 3 aromatic carbocycles. The van der Waals surface area contributed by atoms with Crippen LogP contribution in [-0.4, -0.2) is 32.5 Å². The van der Waals surface area contributed by atoms with E-state index in [1.807, 2.05) is 87.5 Å². The molecule has 1 aliphatic heterocycles. The Bertz CT molecular complexity index is 1550. The number of amides is 1. The summed E-state index contributed by atoms with van der Waals surface area (Å²) >= 11 is 0. The van der Waals surface area contributed by atoms with Gasteiger partial charge in [0.05, 0.1) is 26.7 Å². The third-order valence-electron chi connectivity index (χ3n) is 7.87. The summed E-state index contributed by atoms with van der Waals surface area (Å²) in [6.45, 7) is 6.25. The van der Waals surface area contributed by atoms with Crippen LogP contribution in [0.5, 0.6) is 17.2 Å². The predicted octanol–water partition coefficient (Wildman–Crippen LogP) is 6.41. The summed E-state index contributed by atoms with van der Waals surface area (Å²) in [5.74, 6) is 1.07. The number of ketones is 1. The number of para-hydroxylation sites is 2. The van der Waals surface area contributed by atoms with Gasteiger partial charge >= 0.3 is 0 Å². The molecule has 0 spiro atoms. The minimum Gasteiger partial charge on any atom is -0.494 e. The van der Waals surface area contributed by atoms with Crippen LogP contribution in [0.25, 0.3) is 0 Å². The van der Waals surface area contributed by atoms with Gasteiger partial charge in [0.25, 0.3) is 5.91 Å².